The molecular weight excluding hydrogens is 202 g/mol. The molecule has 0 bridgehead atoms. The predicted octanol–water partition coefficient (Wildman–Crippen LogP) is 1.09. The van der Waals surface area contributed by atoms with E-state index in [1.54, 1.807) is 7.05 Å². The van der Waals surface area contributed by atoms with E-state index in [4.69, 9.17) is 0 Å². The first-order chi connectivity index (χ1) is 7.58. The van der Waals surface area contributed by atoms with Crippen molar-refractivity contribution < 1.29 is 0 Å². The number of aryl methyl sites for hydroxylation is 1. The molecule has 0 aliphatic heterocycles. The largest absolute Gasteiger partial charge is 0.314 e. The van der Waals surface area contributed by atoms with Crippen LogP contribution in [0, 0.1) is 0 Å². The van der Waals surface area contributed by atoms with Crippen LogP contribution in [0.5, 0.6) is 0 Å². The molecule has 1 N–H and O–H groups in total. The van der Waals surface area contributed by atoms with Crippen molar-refractivity contribution in [2.75, 3.05) is 6.54 Å². The second kappa shape index (κ2) is 6.37. The van der Waals surface area contributed by atoms with Gasteiger partial charge in [0.2, 0.25) is 0 Å². The number of hydrogen-bond donors (Lipinski definition) is 1. The lowest BCUT2D eigenvalue weighted by atomic mass is 10.1. The highest BCUT2D eigenvalue weighted by Gasteiger charge is 2.00. The number of allylic oxidation sites excluding steroid dienone is 1. The molecule has 1 aromatic heterocycles. The standard InChI is InChI=1S/C11H21N5/c1-9(2)12-7-5-6-10(3)8-11-13-15-16(4)14-11/h6,9,12H,5,7-8H2,1-4H3/b10-6-. The smallest absolute Gasteiger partial charge is 0.178 e. The van der Waals surface area contributed by atoms with Gasteiger partial charge in [-0.05, 0) is 25.1 Å². The van der Waals surface area contributed by atoms with E-state index in [2.05, 4.69) is 47.6 Å². The lowest BCUT2D eigenvalue weighted by Gasteiger charge is -2.05. The SMILES string of the molecule is C/C(=C/CCNC(C)C)Cc1nnn(C)n1. The number of aromatic nitrogens is 4. The van der Waals surface area contributed by atoms with Crippen LogP contribution in [0.2, 0.25) is 0 Å². The van der Waals surface area contributed by atoms with Crippen LogP contribution >= 0.6 is 0 Å². The Kier molecular flexibility index (Phi) is 5.11. The van der Waals surface area contributed by atoms with Crippen molar-refractivity contribution in [3.8, 4) is 0 Å². The Labute approximate surface area is 96.9 Å². The molecule has 5 nitrogen and oxygen atoms in total. The molecule has 16 heavy (non-hydrogen) atoms. The first-order valence-corrected chi connectivity index (χ1v) is 5.70. The van der Waals surface area contributed by atoms with Crippen LogP contribution < -0.4 is 5.32 Å². The van der Waals surface area contributed by atoms with Crippen molar-refractivity contribution in [1.29, 1.82) is 0 Å². The molecule has 1 aromatic rings. The summed E-state index contributed by atoms with van der Waals surface area (Å²) >= 11 is 0. The molecule has 0 aliphatic carbocycles. The summed E-state index contributed by atoms with van der Waals surface area (Å²) in [4.78, 5) is 1.49. The maximum absolute atomic E-state index is 4.15. The van der Waals surface area contributed by atoms with Crippen molar-refractivity contribution in [2.45, 2.75) is 39.7 Å². The third-order valence-corrected chi connectivity index (χ3v) is 2.18. The zero-order chi connectivity index (χ0) is 12.0. The van der Waals surface area contributed by atoms with Crippen LogP contribution in [0.3, 0.4) is 0 Å². The van der Waals surface area contributed by atoms with E-state index in [1.165, 1.54) is 10.4 Å². The Morgan fingerprint density at radius 1 is 1.50 bits per heavy atom. The molecule has 90 valence electrons. The summed E-state index contributed by atoms with van der Waals surface area (Å²) < 4.78 is 0. The normalized spacial score (nSPS) is 12.4. The Hall–Kier alpha value is -1.23. The number of rotatable bonds is 6. The zero-order valence-electron chi connectivity index (χ0n) is 10.6. The topological polar surface area (TPSA) is 55.6 Å². The first-order valence-electron chi connectivity index (χ1n) is 5.70. The molecule has 0 aliphatic rings. The molecule has 5 heteroatoms. The van der Waals surface area contributed by atoms with Gasteiger partial charge in [0.15, 0.2) is 5.82 Å². The van der Waals surface area contributed by atoms with Crippen LogP contribution in [0.15, 0.2) is 11.6 Å². The quantitative estimate of drug-likeness (QED) is 0.579. The maximum atomic E-state index is 4.15. The second-order valence-electron chi connectivity index (χ2n) is 4.32. The van der Waals surface area contributed by atoms with E-state index < -0.39 is 0 Å². The molecule has 0 atom stereocenters. The van der Waals surface area contributed by atoms with Gasteiger partial charge in [-0.2, -0.15) is 4.80 Å². The van der Waals surface area contributed by atoms with Crippen molar-refractivity contribution in [3.05, 3.63) is 17.5 Å². The Balaban J connectivity index is 2.29. The molecule has 0 spiro atoms. The van der Waals surface area contributed by atoms with Gasteiger partial charge in [0, 0.05) is 12.5 Å². The average Bonchev–Trinajstić information content (AvgIpc) is 2.58. The van der Waals surface area contributed by atoms with E-state index >= 15 is 0 Å². The molecule has 0 radical (unpaired) electrons. The third kappa shape index (κ3) is 5.02. The fourth-order valence-electron chi connectivity index (χ4n) is 1.41. The molecular formula is C11H21N5. The minimum atomic E-state index is 0.551. The van der Waals surface area contributed by atoms with E-state index in [0.717, 1.165) is 25.2 Å². The molecule has 1 heterocycles. The first kappa shape index (κ1) is 12.8. The summed E-state index contributed by atoms with van der Waals surface area (Å²) in [6, 6.07) is 0.551. The van der Waals surface area contributed by atoms with Gasteiger partial charge in [-0.1, -0.05) is 25.5 Å². The Morgan fingerprint density at radius 2 is 2.25 bits per heavy atom. The monoisotopic (exact) mass is 223 g/mol. The highest BCUT2D eigenvalue weighted by Crippen LogP contribution is 2.02. The van der Waals surface area contributed by atoms with Crippen molar-refractivity contribution in [1.82, 2.24) is 25.5 Å². The minimum Gasteiger partial charge on any atom is -0.314 e. The molecule has 0 saturated heterocycles. The summed E-state index contributed by atoms with van der Waals surface area (Å²) in [7, 11) is 1.78. The highest BCUT2D eigenvalue weighted by molar-refractivity contribution is 5.05. The fraction of sp³-hybridized carbons (Fsp3) is 0.727. The highest BCUT2D eigenvalue weighted by atomic mass is 15.6. The van der Waals surface area contributed by atoms with E-state index in [0.29, 0.717) is 6.04 Å². The maximum Gasteiger partial charge on any atom is 0.178 e. The minimum absolute atomic E-state index is 0.551. The number of nitrogens with zero attached hydrogens (tertiary/aromatic N) is 4. The summed E-state index contributed by atoms with van der Waals surface area (Å²) in [5.41, 5.74) is 1.29. The van der Waals surface area contributed by atoms with E-state index in [-0.39, 0.29) is 0 Å². The van der Waals surface area contributed by atoms with Gasteiger partial charge >= 0.3 is 0 Å². The summed E-state index contributed by atoms with van der Waals surface area (Å²) in [6.07, 6.45) is 4.06. The third-order valence-electron chi connectivity index (χ3n) is 2.18. The summed E-state index contributed by atoms with van der Waals surface area (Å²) in [6.45, 7) is 7.43. The lowest BCUT2D eigenvalue weighted by Crippen LogP contribution is -2.23. The summed E-state index contributed by atoms with van der Waals surface area (Å²) in [5, 5.41) is 15.3. The van der Waals surface area contributed by atoms with E-state index in [9.17, 15) is 0 Å². The Morgan fingerprint density at radius 3 is 2.81 bits per heavy atom. The van der Waals surface area contributed by atoms with Gasteiger partial charge in [-0.25, -0.2) is 0 Å². The van der Waals surface area contributed by atoms with Crippen LogP contribution in [-0.2, 0) is 13.5 Å². The second-order valence-corrected chi connectivity index (χ2v) is 4.32. The zero-order valence-corrected chi connectivity index (χ0v) is 10.6. The van der Waals surface area contributed by atoms with Gasteiger partial charge in [0.25, 0.3) is 0 Å². The van der Waals surface area contributed by atoms with Crippen molar-refractivity contribution in [2.24, 2.45) is 7.05 Å². The van der Waals surface area contributed by atoms with Gasteiger partial charge < -0.3 is 5.32 Å². The van der Waals surface area contributed by atoms with Gasteiger partial charge in [-0.3, -0.25) is 0 Å². The van der Waals surface area contributed by atoms with Gasteiger partial charge in [0.05, 0.1) is 7.05 Å². The van der Waals surface area contributed by atoms with Crippen LogP contribution in [0.1, 0.15) is 33.0 Å². The molecule has 0 aromatic carbocycles. The van der Waals surface area contributed by atoms with Crippen molar-refractivity contribution >= 4 is 0 Å². The average molecular weight is 223 g/mol. The molecule has 0 saturated carbocycles. The molecule has 0 amide bonds. The van der Waals surface area contributed by atoms with Crippen LogP contribution in [-0.4, -0.2) is 32.8 Å². The Bertz CT molecular complexity index is 340. The number of hydrogen-bond acceptors (Lipinski definition) is 4. The molecule has 0 unspecified atom stereocenters. The fourth-order valence-corrected chi connectivity index (χ4v) is 1.41. The van der Waals surface area contributed by atoms with Crippen LogP contribution in [0.25, 0.3) is 0 Å². The van der Waals surface area contributed by atoms with Crippen molar-refractivity contribution in [3.63, 3.8) is 0 Å². The molecule has 1 rings (SSSR count). The van der Waals surface area contributed by atoms with E-state index in [1.807, 2.05) is 0 Å². The number of nitrogens with one attached hydrogen (secondary N) is 1. The predicted molar refractivity (Wildman–Crippen MR) is 64.0 cm³/mol. The van der Waals surface area contributed by atoms with Gasteiger partial charge in [-0.15, -0.1) is 10.2 Å². The lowest BCUT2D eigenvalue weighted by molar-refractivity contribution is 0.594. The van der Waals surface area contributed by atoms with Crippen LogP contribution in [0.4, 0.5) is 0 Å². The number of tetrazole rings is 1. The molecule has 0 fully saturated rings. The van der Waals surface area contributed by atoms with Gasteiger partial charge in [0.1, 0.15) is 0 Å². The summed E-state index contributed by atoms with van der Waals surface area (Å²) in [5.74, 6) is 0.785.